The lowest BCUT2D eigenvalue weighted by molar-refractivity contribution is -0.213. The number of hydrogen-bond donors (Lipinski definition) is 2. The molecule has 2 fully saturated rings. The zero-order valence-electron chi connectivity index (χ0n) is 19.8. The fourth-order valence-electron chi connectivity index (χ4n) is 6.14. The Bertz CT molecular complexity index is 952. The molecule has 2 N–H and O–H groups in total. The van der Waals surface area contributed by atoms with Gasteiger partial charge in [-0.2, -0.15) is 0 Å². The number of rotatable bonds is 2. The highest BCUT2D eigenvalue weighted by molar-refractivity contribution is 5.89. The van der Waals surface area contributed by atoms with Gasteiger partial charge in [0, 0.05) is 25.2 Å². The third-order valence-corrected chi connectivity index (χ3v) is 7.92. The predicted molar refractivity (Wildman–Crippen MR) is 114 cm³/mol. The van der Waals surface area contributed by atoms with Crippen molar-refractivity contribution in [3.63, 3.8) is 0 Å². The van der Waals surface area contributed by atoms with Gasteiger partial charge in [-0.25, -0.2) is 4.79 Å². The van der Waals surface area contributed by atoms with Gasteiger partial charge in [0.05, 0.1) is 5.60 Å². The number of allylic oxidation sites excluding steroid dienone is 1. The van der Waals surface area contributed by atoms with Crippen molar-refractivity contribution in [2.24, 2.45) is 11.3 Å². The molecule has 9 heteroatoms. The van der Waals surface area contributed by atoms with Gasteiger partial charge < -0.3 is 29.2 Å². The van der Waals surface area contributed by atoms with Crippen LogP contribution in [0.5, 0.6) is 0 Å². The SMILES string of the molecule is CC(=O)O[C@@H]1[C@@H]2[C@](C)(O)[C@@H](O)C=C[C@@]2(C)[C@H](OC(C)=O)CC/C(C)=C\[C@H]2OC(=O)[C@@]3(C)O[C@@]123. The monoisotopic (exact) mass is 464 g/mol. The van der Waals surface area contributed by atoms with E-state index in [-0.39, 0.29) is 0 Å². The van der Waals surface area contributed by atoms with E-state index in [9.17, 15) is 24.6 Å². The Morgan fingerprint density at radius 1 is 1.15 bits per heavy atom. The Morgan fingerprint density at radius 3 is 2.36 bits per heavy atom. The molecule has 0 saturated carbocycles. The topological polar surface area (TPSA) is 132 Å². The van der Waals surface area contributed by atoms with Crippen LogP contribution in [0, 0.1) is 11.3 Å². The maximum atomic E-state index is 12.8. The van der Waals surface area contributed by atoms with Crippen LogP contribution in [-0.2, 0) is 33.3 Å². The third-order valence-electron chi connectivity index (χ3n) is 7.92. The summed E-state index contributed by atoms with van der Waals surface area (Å²) in [5, 5.41) is 22.4. The minimum absolute atomic E-state index is 0.407. The van der Waals surface area contributed by atoms with E-state index in [2.05, 4.69) is 0 Å². The van der Waals surface area contributed by atoms with Crippen LogP contribution in [0.2, 0.25) is 0 Å². The summed E-state index contributed by atoms with van der Waals surface area (Å²) < 4.78 is 23.3. The largest absolute Gasteiger partial charge is 0.462 e. The van der Waals surface area contributed by atoms with Crippen LogP contribution in [-0.4, -0.2) is 69.3 Å². The molecule has 2 aliphatic heterocycles. The normalized spacial score (nSPS) is 50.0. The molecule has 0 bridgehead atoms. The fraction of sp³-hybridized carbons (Fsp3) is 0.708. The lowest BCUT2D eigenvalue weighted by Gasteiger charge is -2.54. The number of ether oxygens (including phenoxy) is 4. The van der Waals surface area contributed by atoms with Gasteiger partial charge in [-0.15, -0.1) is 0 Å². The van der Waals surface area contributed by atoms with Crippen LogP contribution in [0.15, 0.2) is 23.8 Å². The average molecular weight is 465 g/mol. The van der Waals surface area contributed by atoms with E-state index >= 15 is 0 Å². The second-order valence-electron chi connectivity index (χ2n) is 10.3. The smallest absolute Gasteiger partial charge is 0.342 e. The van der Waals surface area contributed by atoms with Crippen molar-refractivity contribution in [1.82, 2.24) is 0 Å². The summed E-state index contributed by atoms with van der Waals surface area (Å²) in [6.07, 6.45) is 1.80. The van der Waals surface area contributed by atoms with Crippen molar-refractivity contribution in [3.05, 3.63) is 23.8 Å². The van der Waals surface area contributed by atoms with E-state index in [1.807, 2.05) is 6.92 Å². The van der Waals surface area contributed by atoms with E-state index in [0.29, 0.717) is 12.8 Å². The van der Waals surface area contributed by atoms with Gasteiger partial charge in [-0.3, -0.25) is 9.59 Å². The number of aliphatic hydroxyl groups is 2. The summed E-state index contributed by atoms with van der Waals surface area (Å²) in [5.74, 6) is -2.74. The van der Waals surface area contributed by atoms with Crippen LogP contribution in [0.1, 0.15) is 54.4 Å². The molecule has 9 nitrogen and oxygen atoms in total. The van der Waals surface area contributed by atoms with Crippen LogP contribution in [0.25, 0.3) is 0 Å². The van der Waals surface area contributed by atoms with Crippen molar-refractivity contribution >= 4 is 17.9 Å². The van der Waals surface area contributed by atoms with Gasteiger partial charge in [0.25, 0.3) is 0 Å². The first-order chi connectivity index (χ1) is 15.2. The fourth-order valence-corrected chi connectivity index (χ4v) is 6.14. The second kappa shape index (κ2) is 7.38. The molecule has 4 aliphatic rings. The molecular formula is C24H32O9. The Balaban J connectivity index is 1.99. The van der Waals surface area contributed by atoms with Crippen molar-refractivity contribution in [2.75, 3.05) is 0 Å². The molecule has 2 saturated heterocycles. The molecule has 33 heavy (non-hydrogen) atoms. The molecule has 182 valence electrons. The lowest BCUT2D eigenvalue weighted by atomic mass is 9.55. The second-order valence-corrected chi connectivity index (χ2v) is 10.3. The molecule has 0 amide bonds. The van der Waals surface area contributed by atoms with E-state index < -0.39 is 70.5 Å². The van der Waals surface area contributed by atoms with Crippen LogP contribution < -0.4 is 0 Å². The van der Waals surface area contributed by atoms with Gasteiger partial charge in [-0.05, 0) is 39.7 Å². The Labute approximate surface area is 192 Å². The summed E-state index contributed by atoms with van der Waals surface area (Å²) >= 11 is 0. The Hall–Kier alpha value is -2.23. The molecule has 0 unspecified atom stereocenters. The number of carbonyl (C=O) groups excluding carboxylic acids is 3. The maximum absolute atomic E-state index is 12.8. The first kappa shape index (κ1) is 23.9. The van der Waals surface area contributed by atoms with Crippen LogP contribution in [0.4, 0.5) is 0 Å². The average Bonchev–Trinajstić information content (AvgIpc) is 3.28. The third kappa shape index (κ3) is 3.27. The molecule has 0 radical (unpaired) electrons. The summed E-state index contributed by atoms with van der Waals surface area (Å²) in [5.41, 5.74) is -4.81. The van der Waals surface area contributed by atoms with E-state index in [0.717, 1.165) is 5.57 Å². The zero-order valence-corrected chi connectivity index (χ0v) is 19.8. The highest BCUT2D eigenvalue weighted by Crippen LogP contribution is 2.65. The van der Waals surface area contributed by atoms with Gasteiger partial charge in [-0.1, -0.05) is 24.6 Å². The minimum Gasteiger partial charge on any atom is -0.462 e. The Morgan fingerprint density at radius 2 is 1.79 bits per heavy atom. The predicted octanol–water partition coefficient (Wildman–Crippen LogP) is 1.35. The highest BCUT2D eigenvalue weighted by Gasteiger charge is 2.87. The first-order valence-electron chi connectivity index (χ1n) is 11.2. The van der Waals surface area contributed by atoms with E-state index in [1.54, 1.807) is 26.0 Å². The summed E-state index contributed by atoms with van der Waals surface area (Å²) in [7, 11) is 0. The van der Waals surface area contributed by atoms with E-state index in [4.69, 9.17) is 18.9 Å². The molecule has 9 atom stereocenters. The van der Waals surface area contributed by atoms with Crippen LogP contribution >= 0.6 is 0 Å². The van der Waals surface area contributed by atoms with Gasteiger partial charge in [0.2, 0.25) is 0 Å². The summed E-state index contributed by atoms with van der Waals surface area (Å²) in [4.78, 5) is 37.2. The van der Waals surface area contributed by atoms with Crippen LogP contribution in [0.3, 0.4) is 0 Å². The number of fused-ring (bicyclic) bond motifs is 1. The molecule has 0 aromatic heterocycles. The van der Waals surface area contributed by atoms with Gasteiger partial charge >= 0.3 is 17.9 Å². The lowest BCUT2D eigenvalue weighted by Crippen LogP contribution is -2.66. The molecule has 0 aromatic carbocycles. The first-order valence-corrected chi connectivity index (χ1v) is 11.2. The van der Waals surface area contributed by atoms with Crippen molar-refractivity contribution < 1.29 is 43.5 Å². The van der Waals surface area contributed by atoms with E-state index in [1.165, 1.54) is 26.8 Å². The molecule has 2 heterocycles. The number of esters is 3. The zero-order chi connectivity index (χ0) is 24.6. The number of hydrogen-bond acceptors (Lipinski definition) is 9. The minimum atomic E-state index is -1.82. The summed E-state index contributed by atoms with van der Waals surface area (Å²) in [6.45, 7) is 9.23. The molecule has 4 rings (SSSR count). The highest BCUT2D eigenvalue weighted by atomic mass is 16.7. The van der Waals surface area contributed by atoms with Crippen molar-refractivity contribution in [2.45, 2.75) is 95.6 Å². The molecule has 2 aliphatic carbocycles. The maximum Gasteiger partial charge on any atom is 0.342 e. The Kier molecular flexibility index (Phi) is 5.35. The number of carbonyl (C=O) groups is 3. The van der Waals surface area contributed by atoms with Crippen molar-refractivity contribution in [1.29, 1.82) is 0 Å². The molecule has 1 spiro atoms. The number of aliphatic hydroxyl groups excluding tert-OH is 1. The standard InChI is InChI=1S/C24H32O9/c1-12-7-8-16(30-13(2)25)21(4)10-9-15(27)22(5,29)18(21)19(31-14(3)26)24-17(11-12)32-20(28)23(24,6)33-24/h9-11,15-19,27,29H,7-8H2,1-6H3/b12-11-/t15-,16+,17+,18-,19+,21-,22+,23+,24+/m0/s1. The van der Waals surface area contributed by atoms with Gasteiger partial charge in [0.1, 0.15) is 18.3 Å². The van der Waals surface area contributed by atoms with Gasteiger partial charge in [0.15, 0.2) is 17.3 Å². The quantitative estimate of drug-likeness (QED) is 0.269. The number of epoxide rings is 1. The van der Waals surface area contributed by atoms with Crippen molar-refractivity contribution in [3.8, 4) is 0 Å². The molecule has 0 aromatic rings. The summed E-state index contributed by atoms with van der Waals surface area (Å²) in [6, 6.07) is 0. The molecular weight excluding hydrogens is 432 g/mol.